The van der Waals surface area contributed by atoms with Gasteiger partial charge < -0.3 is 20.9 Å². The molecule has 11 heteroatoms. The molecule has 0 fully saturated rings. The first-order chi connectivity index (χ1) is 20.6. The Kier molecular flexibility index (Phi) is 8.63. The minimum absolute atomic E-state index is 0.0216. The van der Waals surface area contributed by atoms with E-state index in [1.807, 2.05) is 63.2 Å². The van der Waals surface area contributed by atoms with Gasteiger partial charge in [-0.1, -0.05) is 30.4 Å². The summed E-state index contributed by atoms with van der Waals surface area (Å²) in [6.07, 6.45) is 8.42. The molecule has 1 aliphatic carbocycles. The third kappa shape index (κ3) is 6.31. The normalized spacial score (nSPS) is 14.5. The second-order valence-corrected chi connectivity index (χ2v) is 10.7. The zero-order valence-electron chi connectivity index (χ0n) is 24.5. The van der Waals surface area contributed by atoms with E-state index in [1.165, 1.54) is 6.07 Å². The van der Waals surface area contributed by atoms with Gasteiger partial charge in [0.25, 0.3) is 5.91 Å². The quantitative estimate of drug-likeness (QED) is 0.319. The van der Waals surface area contributed by atoms with Crippen LogP contribution in [0.5, 0.6) is 0 Å². The van der Waals surface area contributed by atoms with Crippen LogP contribution in [-0.2, 0) is 6.54 Å². The number of carbonyl (C=O) groups is 2. The van der Waals surface area contributed by atoms with Gasteiger partial charge in [0, 0.05) is 35.5 Å². The van der Waals surface area contributed by atoms with Crippen LogP contribution in [0.15, 0.2) is 72.0 Å². The van der Waals surface area contributed by atoms with E-state index in [0.29, 0.717) is 35.5 Å². The highest BCUT2D eigenvalue weighted by molar-refractivity contribution is 6.02. The van der Waals surface area contributed by atoms with Gasteiger partial charge >= 0.3 is 6.03 Å². The molecule has 3 amide bonds. The highest BCUT2D eigenvalue weighted by atomic mass is 19.1. The molecule has 0 bridgehead atoms. The summed E-state index contributed by atoms with van der Waals surface area (Å²) in [4.78, 5) is 38.7. The van der Waals surface area contributed by atoms with Crippen LogP contribution in [-0.4, -0.2) is 54.0 Å². The first-order valence-electron chi connectivity index (χ1n) is 13.9. The summed E-state index contributed by atoms with van der Waals surface area (Å²) in [6.45, 7) is 5.01. The lowest BCUT2D eigenvalue weighted by atomic mass is 9.97. The molecule has 9 nitrogen and oxygen atoms in total. The zero-order chi connectivity index (χ0) is 30.7. The fourth-order valence-corrected chi connectivity index (χ4v) is 4.85. The molecule has 0 radical (unpaired) electrons. The Bertz CT molecular complexity index is 1660. The van der Waals surface area contributed by atoms with Crippen molar-refractivity contribution in [3.8, 4) is 11.3 Å². The monoisotopic (exact) mass is 585 g/mol. The number of likely N-dealkylation sites (N-methyl/N-ethyl adjacent to an activating group) is 1. The number of fused-ring (bicyclic) bond motifs is 1. The highest BCUT2D eigenvalue weighted by Crippen LogP contribution is 2.39. The molecule has 0 saturated heterocycles. The summed E-state index contributed by atoms with van der Waals surface area (Å²) in [5.74, 6) is -1.88. The minimum atomic E-state index is -0.910. The average Bonchev–Trinajstić information content (AvgIpc) is 3.17. The number of rotatable bonds is 8. The lowest BCUT2D eigenvalue weighted by Crippen LogP contribution is -2.43. The van der Waals surface area contributed by atoms with Gasteiger partial charge in [-0.05, 0) is 75.8 Å². The van der Waals surface area contributed by atoms with Crippen molar-refractivity contribution in [3.05, 3.63) is 100 Å². The number of benzene rings is 2. The lowest BCUT2D eigenvalue weighted by Gasteiger charge is -2.31. The van der Waals surface area contributed by atoms with E-state index >= 15 is 0 Å². The molecule has 3 aromatic rings. The molecule has 2 heterocycles. The summed E-state index contributed by atoms with van der Waals surface area (Å²) >= 11 is 0. The van der Waals surface area contributed by atoms with E-state index in [2.05, 4.69) is 20.9 Å². The molecule has 0 spiro atoms. The Hall–Kier alpha value is -4.90. The van der Waals surface area contributed by atoms with Crippen LogP contribution in [0.1, 0.15) is 34.8 Å². The molecule has 3 N–H and O–H groups in total. The van der Waals surface area contributed by atoms with Crippen LogP contribution in [0, 0.1) is 18.6 Å². The number of aromatic nitrogens is 2. The van der Waals surface area contributed by atoms with Crippen LogP contribution in [0.3, 0.4) is 0 Å². The van der Waals surface area contributed by atoms with Gasteiger partial charge in [0.2, 0.25) is 5.95 Å². The van der Waals surface area contributed by atoms with Crippen LogP contribution < -0.4 is 20.9 Å². The molecule has 0 atom stereocenters. The predicted molar refractivity (Wildman–Crippen MR) is 163 cm³/mol. The van der Waals surface area contributed by atoms with Crippen molar-refractivity contribution in [2.45, 2.75) is 26.8 Å². The summed E-state index contributed by atoms with van der Waals surface area (Å²) in [5, 5.41) is 8.86. The molecule has 222 valence electrons. The van der Waals surface area contributed by atoms with Crippen molar-refractivity contribution >= 4 is 29.4 Å². The van der Waals surface area contributed by atoms with Gasteiger partial charge in [0.1, 0.15) is 17.3 Å². The lowest BCUT2D eigenvalue weighted by molar-refractivity contribution is 0.0966. The van der Waals surface area contributed by atoms with E-state index in [-0.39, 0.29) is 24.2 Å². The molecule has 2 aliphatic rings. The number of allylic oxidation sites excluding steroid dienone is 5. The molecule has 2 aromatic carbocycles. The van der Waals surface area contributed by atoms with E-state index < -0.39 is 23.4 Å². The number of hydrogen-bond donors (Lipinski definition) is 3. The molecular weight excluding hydrogens is 552 g/mol. The maximum Gasteiger partial charge on any atom is 0.328 e. The fourth-order valence-electron chi connectivity index (χ4n) is 4.85. The second-order valence-electron chi connectivity index (χ2n) is 10.7. The molecule has 5 rings (SSSR count). The van der Waals surface area contributed by atoms with Crippen molar-refractivity contribution in [1.82, 2.24) is 25.5 Å². The number of urea groups is 1. The number of aryl methyl sites for hydroxylation is 1. The zero-order valence-corrected chi connectivity index (χ0v) is 24.5. The van der Waals surface area contributed by atoms with Crippen LogP contribution in [0.2, 0.25) is 0 Å². The Morgan fingerprint density at radius 3 is 2.60 bits per heavy atom. The molecule has 0 unspecified atom stereocenters. The van der Waals surface area contributed by atoms with Crippen LogP contribution in [0.25, 0.3) is 11.3 Å². The van der Waals surface area contributed by atoms with Crippen LogP contribution >= 0.6 is 0 Å². The van der Waals surface area contributed by atoms with Crippen molar-refractivity contribution in [2.75, 3.05) is 37.4 Å². The Morgan fingerprint density at radius 1 is 1.09 bits per heavy atom. The van der Waals surface area contributed by atoms with E-state index in [4.69, 9.17) is 4.98 Å². The van der Waals surface area contributed by atoms with E-state index in [9.17, 15) is 18.4 Å². The van der Waals surface area contributed by atoms with Crippen molar-refractivity contribution in [3.63, 3.8) is 0 Å². The number of hydrogen-bond acceptors (Lipinski definition) is 6. The van der Waals surface area contributed by atoms with Crippen molar-refractivity contribution in [1.29, 1.82) is 0 Å². The largest absolute Gasteiger partial charge is 0.353 e. The van der Waals surface area contributed by atoms with Crippen molar-refractivity contribution in [2.24, 2.45) is 0 Å². The Labute approximate surface area is 249 Å². The molecule has 43 heavy (non-hydrogen) atoms. The predicted octanol–water partition coefficient (Wildman–Crippen LogP) is 5.58. The number of amides is 3. The van der Waals surface area contributed by atoms with Gasteiger partial charge in [-0.2, -0.15) is 4.98 Å². The van der Waals surface area contributed by atoms with Gasteiger partial charge in [0.05, 0.1) is 12.2 Å². The molecule has 0 saturated carbocycles. The third-order valence-corrected chi connectivity index (χ3v) is 7.22. The number of para-hydroxylation sites is 1. The molecular formula is C32H33F2N7O2. The number of carbonyl (C=O) groups excluding carboxylic acids is 2. The summed E-state index contributed by atoms with van der Waals surface area (Å²) in [5.41, 5.74) is 3.94. The SMILES string of the molecule is CC1=C(NC(=O)c2ccc(C)c(-c3nc(NCCN(C)C)nc4c3CNC(=O)N4c3c(F)cccc3F)c2)C=CC=CC1. The van der Waals surface area contributed by atoms with Crippen LogP contribution in [0.4, 0.5) is 31.0 Å². The summed E-state index contributed by atoms with van der Waals surface area (Å²) in [6, 6.07) is 7.96. The number of halogens is 2. The summed E-state index contributed by atoms with van der Waals surface area (Å²) < 4.78 is 30.0. The highest BCUT2D eigenvalue weighted by Gasteiger charge is 2.34. The third-order valence-electron chi connectivity index (χ3n) is 7.22. The van der Waals surface area contributed by atoms with E-state index in [1.54, 1.807) is 12.1 Å². The van der Waals surface area contributed by atoms with Crippen molar-refractivity contribution < 1.29 is 18.4 Å². The molecule has 1 aliphatic heterocycles. The first-order valence-corrected chi connectivity index (χ1v) is 13.9. The van der Waals surface area contributed by atoms with Gasteiger partial charge in [0.15, 0.2) is 5.82 Å². The fraction of sp³-hybridized carbons (Fsp3) is 0.250. The summed E-state index contributed by atoms with van der Waals surface area (Å²) in [7, 11) is 3.85. The van der Waals surface area contributed by atoms with Gasteiger partial charge in [-0.15, -0.1) is 0 Å². The minimum Gasteiger partial charge on any atom is -0.353 e. The standard InChI is InChI=1S/C32H33F2N7O2/c1-19-13-14-21(30(42)37-26-12-7-5-6-9-20(26)2)17-22(19)27-23-18-36-32(43)41(28-24(33)10-8-11-25(28)34)29(23)39-31(38-27)35-15-16-40(3)4/h5-8,10-14,17H,9,15-16,18H2,1-4H3,(H,36,43)(H,37,42)(H,35,38,39). The number of nitrogens with one attached hydrogen (secondary N) is 3. The van der Waals surface area contributed by atoms with Gasteiger partial charge in [-0.3, -0.25) is 4.79 Å². The second kappa shape index (κ2) is 12.5. The number of nitrogens with zero attached hydrogens (tertiary/aromatic N) is 4. The Balaban J connectivity index is 1.62. The topological polar surface area (TPSA) is 102 Å². The number of anilines is 3. The molecule has 1 aromatic heterocycles. The van der Waals surface area contributed by atoms with Gasteiger partial charge in [-0.25, -0.2) is 23.5 Å². The van der Waals surface area contributed by atoms with E-state index in [0.717, 1.165) is 40.3 Å². The first kappa shape index (κ1) is 29.6. The Morgan fingerprint density at radius 2 is 1.86 bits per heavy atom. The maximum absolute atomic E-state index is 15.0. The smallest absolute Gasteiger partial charge is 0.328 e. The maximum atomic E-state index is 15.0. The average molecular weight is 586 g/mol.